The fourth-order valence-corrected chi connectivity index (χ4v) is 1.94. The molecule has 1 aliphatic rings. The zero-order valence-corrected chi connectivity index (χ0v) is 9.24. The summed E-state index contributed by atoms with van der Waals surface area (Å²) in [5.41, 5.74) is -1.09. The van der Waals surface area contributed by atoms with Gasteiger partial charge in [0.05, 0.1) is 24.2 Å². The summed E-state index contributed by atoms with van der Waals surface area (Å²) in [5.74, 6) is 0.0493. The molecule has 0 radical (unpaired) electrons. The van der Waals surface area contributed by atoms with Crippen LogP contribution in [-0.2, 0) is 0 Å². The molecule has 0 amide bonds. The largest absolute Gasteiger partial charge is 0.393 e. The van der Waals surface area contributed by atoms with Crippen LogP contribution in [0.1, 0.15) is 32.6 Å². The quantitative estimate of drug-likeness (QED) is 0.630. The van der Waals surface area contributed by atoms with Gasteiger partial charge in [0, 0.05) is 12.6 Å². The Bertz CT molecular complexity index is 235. The molecular weight excluding hydrogens is 192 g/mol. The molecule has 1 fully saturated rings. The number of hydrogen-bond donors (Lipinski definition) is 3. The predicted octanol–water partition coefficient (Wildman–Crippen LogP) is 0.402. The Kier molecular flexibility index (Phi) is 4.52. The molecule has 4 nitrogen and oxygen atoms in total. The van der Waals surface area contributed by atoms with Crippen LogP contribution in [0.2, 0.25) is 0 Å². The zero-order valence-electron chi connectivity index (χ0n) is 9.24. The molecule has 15 heavy (non-hydrogen) atoms. The van der Waals surface area contributed by atoms with E-state index in [-0.39, 0.29) is 18.6 Å². The fourth-order valence-electron chi connectivity index (χ4n) is 1.94. The van der Waals surface area contributed by atoms with Gasteiger partial charge in [0.25, 0.3) is 0 Å². The maximum atomic E-state index is 9.62. The Balaban J connectivity index is 2.39. The first-order chi connectivity index (χ1) is 7.09. The molecule has 1 aliphatic carbocycles. The van der Waals surface area contributed by atoms with Crippen molar-refractivity contribution in [2.45, 2.75) is 44.2 Å². The van der Waals surface area contributed by atoms with Gasteiger partial charge in [-0.15, -0.1) is 0 Å². The lowest BCUT2D eigenvalue weighted by molar-refractivity contribution is -0.00103. The van der Waals surface area contributed by atoms with Crippen LogP contribution in [0.4, 0.5) is 0 Å². The third-order valence-electron chi connectivity index (χ3n) is 3.02. The second-order valence-corrected chi connectivity index (χ2v) is 4.66. The molecule has 3 atom stereocenters. The van der Waals surface area contributed by atoms with Crippen LogP contribution in [0, 0.1) is 17.2 Å². The van der Waals surface area contributed by atoms with E-state index in [0.29, 0.717) is 6.54 Å². The molecular formula is C11H20N2O2. The van der Waals surface area contributed by atoms with Gasteiger partial charge in [0.1, 0.15) is 0 Å². The highest BCUT2D eigenvalue weighted by molar-refractivity contribution is 4.95. The highest BCUT2D eigenvalue weighted by Crippen LogP contribution is 2.23. The average Bonchev–Trinajstić information content (AvgIpc) is 2.27. The van der Waals surface area contributed by atoms with Crippen LogP contribution in [0.5, 0.6) is 0 Å². The standard InChI is InChI=1S/C11H20N2O2/c1-11(15,8-14)7-13-10-5-3-2-4-9(10)6-12/h9-10,13-15H,2-5,7-8H2,1H3. The number of aliphatic hydroxyl groups is 2. The number of rotatable bonds is 4. The molecule has 0 heterocycles. The van der Waals surface area contributed by atoms with Crippen LogP contribution in [0.3, 0.4) is 0 Å². The lowest BCUT2D eigenvalue weighted by Gasteiger charge is -2.31. The van der Waals surface area contributed by atoms with Crippen molar-refractivity contribution >= 4 is 0 Å². The molecule has 0 aromatic carbocycles. The molecule has 86 valence electrons. The van der Waals surface area contributed by atoms with Crippen molar-refractivity contribution in [3.05, 3.63) is 0 Å². The van der Waals surface area contributed by atoms with Crippen molar-refractivity contribution in [2.75, 3.05) is 13.2 Å². The van der Waals surface area contributed by atoms with E-state index in [4.69, 9.17) is 10.4 Å². The number of nitrogens with zero attached hydrogens (tertiary/aromatic N) is 1. The molecule has 1 rings (SSSR count). The second kappa shape index (κ2) is 5.45. The van der Waals surface area contributed by atoms with Crippen molar-refractivity contribution < 1.29 is 10.2 Å². The summed E-state index contributed by atoms with van der Waals surface area (Å²) in [5, 5.41) is 30.6. The highest BCUT2D eigenvalue weighted by Gasteiger charge is 2.27. The molecule has 0 bridgehead atoms. The first kappa shape index (κ1) is 12.4. The van der Waals surface area contributed by atoms with E-state index in [1.165, 1.54) is 0 Å². The molecule has 0 aromatic heterocycles. The van der Waals surface area contributed by atoms with Crippen LogP contribution in [0.15, 0.2) is 0 Å². The molecule has 3 unspecified atom stereocenters. The van der Waals surface area contributed by atoms with E-state index in [2.05, 4.69) is 11.4 Å². The smallest absolute Gasteiger partial charge is 0.0972 e. The third-order valence-corrected chi connectivity index (χ3v) is 3.02. The lowest BCUT2D eigenvalue weighted by atomic mass is 9.85. The normalized spacial score (nSPS) is 30.5. The zero-order chi connectivity index (χ0) is 11.3. The average molecular weight is 212 g/mol. The van der Waals surface area contributed by atoms with E-state index < -0.39 is 5.60 Å². The molecule has 3 N–H and O–H groups in total. The van der Waals surface area contributed by atoms with Crippen molar-refractivity contribution in [3.63, 3.8) is 0 Å². The van der Waals surface area contributed by atoms with Gasteiger partial charge in [-0.05, 0) is 19.8 Å². The van der Waals surface area contributed by atoms with E-state index in [1.807, 2.05) is 0 Å². The van der Waals surface area contributed by atoms with E-state index >= 15 is 0 Å². The van der Waals surface area contributed by atoms with Crippen LogP contribution >= 0.6 is 0 Å². The summed E-state index contributed by atoms with van der Waals surface area (Å²) in [4.78, 5) is 0. The Morgan fingerprint density at radius 1 is 1.47 bits per heavy atom. The van der Waals surface area contributed by atoms with Crippen LogP contribution in [0.25, 0.3) is 0 Å². The number of nitrogens with one attached hydrogen (secondary N) is 1. The summed E-state index contributed by atoms with van der Waals surface area (Å²) >= 11 is 0. The second-order valence-electron chi connectivity index (χ2n) is 4.66. The van der Waals surface area contributed by atoms with Gasteiger partial charge in [0.15, 0.2) is 0 Å². The van der Waals surface area contributed by atoms with Gasteiger partial charge in [0.2, 0.25) is 0 Å². The van der Waals surface area contributed by atoms with Crippen molar-refractivity contribution in [2.24, 2.45) is 5.92 Å². The third kappa shape index (κ3) is 3.78. The molecule has 0 spiro atoms. The predicted molar refractivity (Wildman–Crippen MR) is 57.1 cm³/mol. The molecule has 0 aromatic rings. The molecule has 0 aliphatic heterocycles. The summed E-state index contributed by atoms with van der Waals surface area (Å²) in [6, 6.07) is 2.47. The van der Waals surface area contributed by atoms with Crippen molar-refractivity contribution in [1.82, 2.24) is 5.32 Å². The van der Waals surface area contributed by atoms with Crippen LogP contribution in [-0.4, -0.2) is 35.0 Å². The van der Waals surface area contributed by atoms with Crippen molar-refractivity contribution in [1.29, 1.82) is 5.26 Å². The molecule has 0 saturated heterocycles. The SMILES string of the molecule is CC(O)(CO)CNC1CCCCC1C#N. The Morgan fingerprint density at radius 3 is 2.73 bits per heavy atom. The first-order valence-corrected chi connectivity index (χ1v) is 5.55. The van der Waals surface area contributed by atoms with Crippen molar-refractivity contribution in [3.8, 4) is 6.07 Å². The fraction of sp³-hybridized carbons (Fsp3) is 0.909. The number of nitriles is 1. The first-order valence-electron chi connectivity index (χ1n) is 5.55. The summed E-state index contributed by atoms with van der Waals surface area (Å²) < 4.78 is 0. The molecule has 1 saturated carbocycles. The van der Waals surface area contributed by atoms with Gasteiger partial charge in [-0.3, -0.25) is 0 Å². The lowest BCUT2D eigenvalue weighted by Crippen LogP contribution is -2.47. The van der Waals surface area contributed by atoms with Crippen LogP contribution < -0.4 is 5.32 Å². The minimum absolute atomic E-state index is 0.0493. The van der Waals surface area contributed by atoms with E-state index in [0.717, 1.165) is 25.7 Å². The monoisotopic (exact) mass is 212 g/mol. The Morgan fingerprint density at radius 2 is 2.13 bits per heavy atom. The minimum atomic E-state index is -1.09. The van der Waals surface area contributed by atoms with Gasteiger partial charge < -0.3 is 15.5 Å². The maximum absolute atomic E-state index is 9.62. The van der Waals surface area contributed by atoms with Gasteiger partial charge in [-0.1, -0.05) is 12.8 Å². The van der Waals surface area contributed by atoms with E-state index in [1.54, 1.807) is 6.92 Å². The van der Waals surface area contributed by atoms with Gasteiger partial charge in [-0.25, -0.2) is 0 Å². The molecule has 4 heteroatoms. The summed E-state index contributed by atoms with van der Waals surface area (Å²) in [7, 11) is 0. The van der Waals surface area contributed by atoms with Gasteiger partial charge in [-0.2, -0.15) is 5.26 Å². The Hall–Kier alpha value is -0.630. The minimum Gasteiger partial charge on any atom is -0.393 e. The number of aliphatic hydroxyl groups excluding tert-OH is 1. The highest BCUT2D eigenvalue weighted by atomic mass is 16.3. The van der Waals surface area contributed by atoms with Gasteiger partial charge >= 0.3 is 0 Å². The topological polar surface area (TPSA) is 76.3 Å². The Labute approximate surface area is 90.9 Å². The summed E-state index contributed by atoms with van der Waals surface area (Å²) in [6.45, 7) is 1.67. The van der Waals surface area contributed by atoms with E-state index in [9.17, 15) is 5.11 Å². The summed E-state index contributed by atoms with van der Waals surface area (Å²) in [6.07, 6.45) is 4.18. The maximum Gasteiger partial charge on any atom is 0.0972 e. The number of hydrogen-bond acceptors (Lipinski definition) is 4.